The Balaban J connectivity index is 0.00000385. The predicted molar refractivity (Wildman–Crippen MR) is 127 cm³/mol. The summed E-state index contributed by atoms with van der Waals surface area (Å²) in [4.78, 5) is 11.7. The van der Waals surface area contributed by atoms with Crippen LogP contribution in [0.15, 0.2) is 36.4 Å². The number of nitrogens with one attached hydrogen (secondary N) is 2. The Morgan fingerprint density at radius 2 is 1.82 bits per heavy atom. The normalized spacial score (nSPS) is 16.9. The van der Waals surface area contributed by atoms with E-state index in [9.17, 15) is 18.7 Å². The van der Waals surface area contributed by atoms with Crippen LogP contribution in [0, 0.1) is 17.6 Å². The van der Waals surface area contributed by atoms with E-state index in [1.807, 2.05) is 6.07 Å². The van der Waals surface area contributed by atoms with Crippen LogP contribution in [0.4, 0.5) is 8.78 Å². The van der Waals surface area contributed by atoms with Gasteiger partial charge in [-0.15, -0.1) is 12.4 Å². The number of hydrogen-bond acceptors (Lipinski definition) is 4. The standard InChI is InChI=1S/C25H32F2N2O3.ClH/c1-15(2)8-17-4-5-25-21(11-17)22(6-7-32-25)28-14-24(31)23(29-16(3)30)12-18-9-19(26)13-20(27)10-18;/h4-5,9-11,13,15,22-24,28,31H,6-8,12,14H2,1-3H3,(H,29,30);1H/t22-,23-,24+;/m0./s1. The number of hydrogen-bond donors (Lipinski definition) is 3. The summed E-state index contributed by atoms with van der Waals surface area (Å²) in [7, 11) is 0. The predicted octanol–water partition coefficient (Wildman–Crippen LogP) is 4.11. The highest BCUT2D eigenvalue weighted by Crippen LogP contribution is 2.33. The van der Waals surface area contributed by atoms with Crippen LogP contribution in [0.5, 0.6) is 5.75 Å². The van der Waals surface area contributed by atoms with Gasteiger partial charge in [-0.2, -0.15) is 0 Å². The number of carbonyl (C=O) groups is 1. The number of carbonyl (C=O) groups excluding carboxylic acids is 1. The quantitative estimate of drug-likeness (QED) is 0.503. The molecule has 0 aliphatic carbocycles. The van der Waals surface area contributed by atoms with Crippen LogP contribution in [-0.2, 0) is 17.6 Å². The number of ether oxygens (including phenoxy) is 1. The maximum Gasteiger partial charge on any atom is 0.217 e. The van der Waals surface area contributed by atoms with Crippen LogP contribution >= 0.6 is 12.4 Å². The van der Waals surface area contributed by atoms with Crippen LogP contribution in [0.1, 0.15) is 49.9 Å². The van der Waals surface area contributed by atoms with Gasteiger partial charge in [-0.25, -0.2) is 8.78 Å². The van der Waals surface area contributed by atoms with Crippen molar-refractivity contribution in [2.24, 2.45) is 5.92 Å². The smallest absolute Gasteiger partial charge is 0.217 e. The van der Waals surface area contributed by atoms with Crippen molar-refractivity contribution in [1.82, 2.24) is 10.6 Å². The maximum absolute atomic E-state index is 13.6. The molecule has 0 fully saturated rings. The summed E-state index contributed by atoms with van der Waals surface area (Å²) in [5.74, 6) is -0.322. The van der Waals surface area contributed by atoms with Crippen molar-refractivity contribution in [2.45, 2.75) is 58.2 Å². The first kappa shape index (κ1) is 27.0. The number of benzene rings is 2. The summed E-state index contributed by atoms with van der Waals surface area (Å²) in [6.07, 6.45) is 0.887. The Morgan fingerprint density at radius 3 is 2.45 bits per heavy atom. The Labute approximate surface area is 200 Å². The lowest BCUT2D eigenvalue weighted by molar-refractivity contribution is -0.120. The van der Waals surface area contributed by atoms with E-state index in [4.69, 9.17) is 4.74 Å². The summed E-state index contributed by atoms with van der Waals surface area (Å²) >= 11 is 0. The topological polar surface area (TPSA) is 70.6 Å². The SMILES string of the molecule is CC(=O)N[C@@H](Cc1cc(F)cc(F)c1)[C@H](O)CN[C@H]1CCOc2ccc(CC(C)C)cc21.Cl. The summed E-state index contributed by atoms with van der Waals surface area (Å²) in [6.45, 7) is 6.48. The lowest BCUT2D eigenvalue weighted by atomic mass is 9.94. The van der Waals surface area contributed by atoms with Gasteiger partial charge in [0.25, 0.3) is 0 Å². The van der Waals surface area contributed by atoms with Crippen LogP contribution < -0.4 is 15.4 Å². The zero-order chi connectivity index (χ0) is 23.3. The fourth-order valence-corrected chi connectivity index (χ4v) is 4.19. The van der Waals surface area contributed by atoms with Crippen molar-refractivity contribution >= 4 is 18.3 Å². The summed E-state index contributed by atoms with van der Waals surface area (Å²) < 4.78 is 32.9. The molecular formula is C25H33ClF2N2O3. The molecule has 0 saturated heterocycles. The Morgan fingerprint density at radius 1 is 1.12 bits per heavy atom. The Kier molecular flexibility index (Phi) is 10.1. The van der Waals surface area contributed by atoms with E-state index in [2.05, 4.69) is 36.6 Å². The van der Waals surface area contributed by atoms with E-state index in [1.54, 1.807) is 0 Å². The lowest BCUT2D eigenvalue weighted by Gasteiger charge is -2.30. The van der Waals surface area contributed by atoms with Crippen molar-refractivity contribution < 1.29 is 23.4 Å². The minimum atomic E-state index is -0.949. The minimum absolute atomic E-state index is 0. The van der Waals surface area contributed by atoms with Crippen molar-refractivity contribution in [3.8, 4) is 5.75 Å². The Hall–Kier alpha value is -2.22. The van der Waals surface area contributed by atoms with Crippen molar-refractivity contribution in [3.63, 3.8) is 0 Å². The number of halogens is 3. The Bertz CT molecular complexity index is 922. The van der Waals surface area contributed by atoms with E-state index in [0.29, 0.717) is 18.1 Å². The van der Waals surface area contributed by atoms with Gasteiger partial charge >= 0.3 is 0 Å². The molecule has 0 radical (unpaired) electrons. The molecule has 3 rings (SSSR count). The third kappa shape index (κ3) is 7.95. The molecule has 0 bridgehead atoms. The molecule has 1 amide bonds. The number of aliphatic hydroxyl groups is 1. The van der Waals surface area contributed by atoms with E-state index in [0.717, 1.165) is 30.2 Å². The third-order valence-electron chi connectivity index (χ3n) is 5.56. The van der Waals surface area contributed by atoms with Gasteiger partial charge in [0, 0.05) is 37.6 Å². The summed E-state index contributed by atoms with van der Waals surface area (Å²) in [5.41, 5.74) is 2.67. The largest absolute Gasteiger partial charge is 0.493 e. The number of amides is 1. The van der Waals surface area contributed by atoms with Gasteiger partial charge < -0.3 is 20.5 Å². The fourth-order valence-electron chi connectivity index (χ4n) is 4.19. The first-order valence-corrected chi connectivity index (χ1v) is 11.1. The molecule has 1 heterocycles. The van der Waals surface area contributed by atoms with Gasteiger partial charge in [0.2, 0.25) is 5.91 Å². The first-order valence-electron chi connectivity index (χ1n) is 11.1. The number of aliphatic hydroxyl groups excluding tert-OH is 1. The highest BCUT2D eigenvalue weighted by molar-refractivity contribution is 5.85. The molecule has 2 aromatic carbocycles. The molecule has 0 unspecified atom stereocenters. The van der Waals surface area contributed by atoms with Gasteiger partial charge in [-0.3, -0.25) is 4.79 Å². The molecule has 2 aromatic rings. The lowest BCUT2D eigenvalue weighted by Crippen LogP contribution is -2.48. The van der Waals surface area contributed by atoms with Crippen molar-refractivity contribution in [1.29, 1.82) is 0 Å². The van der Waals surface area contributed by atoms with Crippen LogP contribution in [0.25, 0.3) is 0 Å². The van der Waals surface area contributed by atoms with Crippen molar-refractivity contribution in [3.05, 3.63) is 64.7 Å². The second kappa shape index (κ2) is 12.3. The zero-order valence-electron chi connectivity index (χ0n) is 19.2. The van der Waals surface area contributed by atoms with Crippen LogP contribution in [0.2, 0.25) is 0 Å². The average molecular weight is 483 g/mol. The molecule has 182 valence electrons. The van der Waals surface area contributed by atoms with E-state index >= 15 is 0 Å². The maximum atomic E-state index is 13.6. The summed E-state index contributed by atoms with van der Waals surface area (Å²) in [6, 6.07) is 8.77. The molecule has 8 heteroatoms. The molecule has 5 nitrogen and oxygen atoms in total. The van der Waals surface area contributed by atoms with E-state index < -0.39 is 23.8 Å². The van der Waals surface area contributed by atoms with Crippen LogP contribution in [-0.4, -0.2) is 36.3 Å². The summed E-state index contributed by atoms with van der Waals surface area (Å²) in [5, 5.41) is 16.9. The fraction of sp³-hybridized carbons (Fsp3) is 0.480. The molecule has 33 heavy (non-hydrogen) atoms. The molecule has 3 atom stereocenters. The van der Waals surface area contributed by atoms with Gasteiger partial charge in [-0.1, -0.05) is 26.0 Å². The molecular weight excluding hydrogens is 450 g/mol. The molecule has 0 aromatic heterocycles. The molecule has 0 spiro atoms. The van der Waals surface area contributed by atoms with Gasteiger partial charge in [-0.05, 0) is 48.1 Å². The second-order valence-electron chi connectivity index (χ2n) is 8.92. The first-order chi connectivity index (χ1) is 15.2. The monoisotopic (exact) mass is 482 g/mol. The van der Waals surface area contributed by atoms with Gasteiger partial charge in [0.05, 0.1) is 18.8 Å². The van der Waals surface area contributed by atoms with E-state index in [-0.39, 0.29) is 37.3 Å². The molecule has 3 N–H and O–H groups in total. The highest BCUT2D eigenvalue weighted by atomic mass is 35.5. The van der Waals surface area contributed by atoms with Crippen molar-refractivity contribution in [2.75, 3.05) is 13.2 Å². The zero-order valence-corrected chi connectivity index (χ0v) is 20.1. The van der Waals surface area contributed by atoms with E-state index in [1.165, 1.54) is 24.6 Å². The van der Waals surface area contributed by atoms with Crippen LogP contribution in [0.3, 0.4) is 0 Å². The second-order valence-corrected chi connectivity index (χ2v) is 8.92. The molecule has 1 aliphatic rings. The average Bonchev–Trinajstić information content (AvgIpc) is 2.70. The van der Waals surface area contributed by atoms with Gasteiger partial charge in [0.15, 0.2) is 0 Å². The third-order valence-corrected chi connectivity index (χ3v) is 5.56. The number of fused-ring (bicyclic) bond motifs is 1. The van der Waals surface area contributed by atoms with Gasteiger partial charge in [0.1, 0.15) is 17.4 Å². The minimum Gasteiger partial charge on any atom is -0.493 e. The molecule has 0 saturated carbocycles. The molecule has 1 aliphatic heterocycles. The number of rotatable bonds is 9. The highest BCUT2D eigenvalue weighted by Gasteiger charge is 2.26.